The molecule has 0 atom stereocenters. The van der Waals surface area contributed by atoms with Gasteiger partial charge in [0.15, 0.2) is 0 Å². The Morgan fingerprint density at radius 3 is 2.48 bits per heavy atom. The zero-order valence-electron chi connectivity index (χ0n) is 11.7. The molecule has 0 unspecified atom stereocenters. The third-order valence-electron chi connectivity index (χ3n) is 3.33. The fourth-order valence-electron chi connectivity index (χ4n) is 2.13. The highest BCUT2D eigenvalue weighted by atomic mass is 16.2. The SMILES string of the molecule is Cn1c(=O)c2c(n(C)c1=O)=NC(=[NH+]Cc1ccccc1)N=2. The van der Waals surface area contributed by atoms with Crippen LogP contribution in [0.5, 0.6) is 0 Å². The van der Waals surface area contributed by atoms with Gasteiger partial charge in [-0.05, 0) is 10.6 Å². The van der Waals surface area contributed by atoms with Gasteiger partial charge in [-0.25, -0.2) is 4.79 Å². The molecule has 0 saturated carbocycles. The summed E-state index contributed by atoms with van der Waals surface area (Å²) in [4.78, 5) is 35.3. The normalized spacial score (nSPS) is 14.7. The van der Waals surface area contributed by atoms with Crippen molar-refractivity contribution in [1.82, 2.24) is 9.13 Å². The molecule has 0 fully saturated rings. The quantitative estimate of drug-likeness (QED) is 0.636. The average Bonchev–Trinajstić information content (AvgIpc) is 2.94. The molecule has 0 spiro atoms. The molecule has 21 heavy (non-hydrogen) atoms. The van der Waals surface area contributed by atoms with Crippen molar-refractivity contribution >= 4 is 5.96 Å². The lowest BCUT2D eigenvalue weighted by Crippen LogP contribution is -2.70. The van der Waals surface area contributed by atoms with Crippen LogP contribution in [0.3, 0.4) is 0 Å². The molecule has 1 aromatic carbocycles. The fraction of sp³-hybridized carbons (Fsp3) is 0.214. The highest BCUT2D eigenvalue weighted by molar-refractivity contribution is 5.77. The number of fused-ring (bicyclic) bond motifs is 1. The van der Waals surface area contributed by atoms with Crippen molar-refractivity contribution in [3.05, 3.63) is 67.6 Å². The number of aromatic nitrogens is 2. The first kappa shape index (κ1) is 13.2. The van der Waals surface area contributed by atoms with Crippen LogP contribution < -0.4 is 27.1 Å². The summed E-state index contributed by atoms with van der Waals surface area (Å²) in [7, 11) is 3.00. The molecule has 2 heterocycles. The van der Waals surface area contributed by atoms with Gasteiger partial charge >= 0.3 is 17.2 Å². The van der Waals surface area contributed by atoms with Crippen LogP contribution in [0, 0.1) is 0 Å². The fourth-order valence-corrected chi connectivity index (χ4v) is 2.13. The van der Waals surface area contributed by atoms with Crippen LogP contribution >= 0.6 is 0 Å². The first-order chi connectivity index (χ1) is 10.1. The van der Waals surface area contributed by atoms with E-state index in [0.717, 1.165) is 10.1 Å². The minimum Gasteiger partial charge on any atom is -0.268 e. The zero-order valence-corrected chi connectivity index (χ0v) is 11.7. The maximum absolute atomic E-state index is 12.0. The van der Waals surface area contributed by atoms with E-state index >= 15 is 0 Å². The van der Waals surface area contributed by atoms with Gasteiger partial charge in [0.05, 0.1) is 6.54 Å². The van der Waals surface area contributed by atoms with E-state index in [-0.39, 0.29) is 5.36 Å². The Balaban J connectivity index is 2.08. The second-order valence-electron chi connectivity index (χ2n) is 4.76. The summed E-state index contributed by atoms with van der Waals surface area (Å²) in [6.07, 6.45) is 0. The van der Waals surface area contributed by atoms with Crippen LogP contribution in [0.15, 0.2) is 49.9 Å². The number of guanidine groups is 1. The molecule has 1 aromatic heterocycles. The molecule has 7 heteroatoms. The number of nitrogens with one attached hydrogen (secondary N) is 1. The first-order valence-corrected chi connectivity index (χ1v) is 6.46. The second-order valence-corrected chi connectivity index (χ2v) is 4.76. The summed E-state index contributed by atoms with van der Waals surface area (Å²) < 4.78 is 2.34. The lowest BCUT2D eigenvalue weighted by Gasteiger charge is -1.96. The van der Waals surface area contributed by atoms with Crippen LogP contribution in [0.2, 0.25) is 0 Å². The van der Waals surface area contributed by atoms with Crippen LogP contribution in [0.4, 0.5) is 0 Å². The molecule has 1 aliphatic heterocycles. The summed E-state index contributed by atoms with van der Waals surface area (Å²) in [6, 6.07) is 9.78. The van der Waals surface area contributed by atoms with E-state index < -0.39 is 11.2 Å². The van der Waals surface area contributed by atoms with Crippen molar-refractivity contribution in [2.45, 2.75) is 6.54 Å². The Morgan fingerprint density at radius 1 is 1.05 bits per heavy atom. The molecule has 1 aliphatic rings. The average molecular weight is 284 g/mol. The van der Waals surface area contributed by atoms with E-state index in [4.69, 9.17) is 0 Å². The van der Waals surface area contributed by atoms with Gasteiger partial charge in [0.1, 0.15) is 0 Å². The Labute approximate surface area is 119 Å². The maximum atomic E-state index is 12.0. The molecule has 1 N–H and O–H groups in total. The predicted molar refractivity (Wildman–Crippen MR) is 75.4 cm³/mol. The van der Waals surface area contributed by atoms with Gasteiger partial charge < -0.3 is 0 Å². The molecule has 0 bridgehead atoms. The van der Waals surface area contributed by atoms with Crippen molar-refractivity contribution in [3.8, 4) is 0 Å². The van der Waals surface area contributed by atoms with Crippen LogP contribution in [-0.4, -0.2) is 15.1 Å². The first-order valence-electron chi connectivity index (χ1n) is 6.46. The predicted octanol–water partition coefficient (Wildman–Crippen LogP) is -3.03. The largest absolute Gasteiger partial charge is 0.429 e. The summed E-state index contributed by atoms with van der Waals surface area (Å²) in [5.74, 6) is 0.340. The number of rotatable bonds is 2. The Kier molecular flexibility index (Phi) is 3.09. The number of hydrogen-bond donors (Lipinski definition) is 1. The molecular weight excluding hydrogens is 270 g/mol. The lowest BCUT2D eigenvalue weighted by atomic mass is 10.2. The standard InChI is InChI=1S/C14H13N5O2/c1-18-11-10(12(20)19(2)14(18)21)16-13(17-11)15-8-9-6-4-3-5-7-9/h3-7H,8H2,1-2H3/p+1. The molecule has 0 amide bonds. The zero-order chi connectivity index (χ0) is 15.0. The number of hydrogen-bond acceptors (Lipinski definition) is 2. The van der Waals surface area contributed by atoms with E-state index in [0.29, 0.717) is 18.0 Å². The van der Waals surface area contributed by atoms with Gasteiger partial charge in [0.2, 0.25) is 0 Å². The molecule has 0 aliphatic carbocycles. The van der Waals surface area contributed by atoms with Gasteiger partial charge in [0, 0.05) is 14.1 Å². The smallest absolute Gasteiger partial charge is 0.268 e. The topological polar surface area (TPSA) is 82.7 Å². The summed E-state index contributed by atoms with van der Waals surface area (Å²) in [5.41, 5.74) is 0.516. The highest BCUT2D eigenvalue weighted by Crippen LogP contribution is 1.94. The minimum atomic E-state index is -0.437. The van der Waals surface area contributed by atoms with Crippen molar-refractivity contribution in [1.29, 1.82) is 0 Å². The molecule has 0 radical (unpaired) electrons. The Hall–Kier alpha value is -2.83. The van der Waals surface area contributed by atoms with Gasteiger partial charge in [-0.3, -0.25) is 18.9 Å². The van der Waals surface area contributed by atoms with Crippen molar-refractivity contribution < 1.29 is 4.99 Å². The second kappa shape index (κ2) is 4.93. The van der Waals surface area contributed by atoms with Crippen LogP contribution in [0.1, 0.15) is 5.56 Å². The summed E-state index contributed by atoms with van der Waals surface area (Å²) in [6.45, 7) is 0.547. The van der Waals surface area contributed by atoms with E-state index in [1.807, 2.05) is 30.3 Å². The highest BCUT2D eigenvalue weighted by Gasteiger charge is 2.21. The molecule has 2 aromatic rings. The lowest BCUT2D eigenvalue weighted by molar-refractivity contribution is -0.477. The molecule has 0 saturated heterocycles. The van der Waals surface area contributed by atoms with Gasteiger partial charge in [-0.2, -0.15) is 0 Å². The molecule has 3 rings (SSSR count). The molecule has 7 nitrogen and oxygen atoms in total. The number of nitrogens with zero attached hydrogens (tertiary/aromatic N) is 4. The molecule has 106 valence electrons. The van der Waals surface area contributed by atoms with E-state index in [2.05, 4.69) is 15.0 Å². The van der Waals surface area contributed by atoms with Crippen molar-refractivity contribution in [2.75, 3.05) is 0 Å². The van der Waals surface area contributed by atoms with Crippen LogP contribution in [-0.2, 0) is 20.6 Å². The summed E-state index contributed by atoms with van der Waals surface area (Å²) in [5, 5.41) is 0.190. The third-order valence-corrected chi connectivity index (χ3v) is 3.33. The minimum absolute atomic E-state index is 0.190. The van der Waals surface area contributed by atoms with Crippen molar-refractivity contribution in [3.63, 3.8) is 0 Å². The maximum Gasteiger partial charge on any atom is 0.429 e. The van der Waals surface area contributed by atoms with Crippen molar-refractivity contribution in [2.24, 2.45) is 24.1 Å². The van der Waals surface area contributed by atoms with Gasteiger partial charge in [0.25, 0.3) is 10.8 Å². The molecular formula is C14H14N5O2+. The van der Waals surface area contributed by atoms with E-state index in [1.54, 1.807) is 7.05 Å². The summed E-state index contributed by atoms with van der Waals surface area (Å²) >= 11 is 0. The van der Waals surface area contributed by atoms with E-state index in [1.165, 1.54) is 11.6 Å². The van der Waals surface area contributed by atoms with E-state index in [9.17, 15) is 9.59 Å². The van der Waals surface area contributed by atoms with Gasteiger partial charge in [-0.15, -0.1) is 0 Å². The number of benzene rings is 1. The Bertz CT molecular complexity index is 967. The van der Waals surface area contributed by atoms with Gasteiger partial charge in [-0.1, -0.05) is 35.3 Å². The van der Waals surface area contributed by atoms with Crippen LogP contribution in [0.25, 0.3) is 0 Å². The third kappa shape index (κ3) is 2.22. The monoisotopic (exact) mass is 284 g/mol. The Morgan fingerprint density at radius 2 is 1.76 bits per heavy atom.